The minimum Gasteiger partial charge on any atom is -0.341 e. The first-order valence-corrected chi connectivity index (χ1v) is 6.49. The normalized spacial score (nSPS) is 30.7. The number of amides is 1. The molecule has 0 spiro atoms. The highest BCUT2D eigenvalue weighted by atomic mass is 16.2. The van der Waals surface area contributed by atoms with E-state index in [1.807, 2.05) is 0 Å². The number of hydrogen-bond acceptors (Lipinski definition) is 2. The van der Waals surface area contributed by atoms with Crippen LogP contribution in [0, 0.1) is 11.3 Å². The smallest absolute Gasteiger partial charge is 0.227 e. The van der Waals surface area contributed by atoms with Crippen LogP contribution in [0.2, 0.25) is 0 Å². The van der Waals surface area contributed by atoms with Crippen molar-refractivity contribution >= 4 is 5.91 Å². The highest BCUT2D eigenvalue weighted by Gasteiger charge is 2.41. The van der Waals surface area contributed by atoms with Gasteiger partial charge in [-0.25, -0.2) is 0 Å². The zero-order valence-electron chi connectivity index (χ0n) is 10.8. The number of carbonyl (C=O) groups is 1. The maximum Gasteiger partial charge on any atom is 0.227 e. The molecule has 0 bridgehead atoms. The molecule has 2 heterocycles. The van der Waals surface area contributed by atoms with E-state index in [9.17, 15) is 4.79 Å². The van der Waals surface area contributed by atoms with Crippen molar-refractivity contribution in [2.24, 2.45) is 11.3 Å². The molecule has 0 aromatic carbocycles. The Kier molecular flexibility index (Phi) is 3.24. The van der Waals surface area contributed by atoms with E-state index in [0.717, 1.165) is 38.9 Å². The van der Waals surface area contributed by atoms with Crippen LogP contribution < -0.4 is 5.32 Å². The summed E-state index contributed by atoms with van der Waals surface area (Å²) in [6, 6.07) is 0.432. The third-order valence-electron chi connectivity index (χ3n) is 3.76. The van der Waals surface area contributed by atoms with Gasteiger partial charge in [0.25, 0.3) is 0 Å². The summed E-state index contributed by atoms with van der Waals surface area (Å²) in [6.07, 6.45) is 3.33. The molecule has 92 valence electrons. The Balaban J connectivity index is 1.90. The Morgan fingerprint density at radius 2 is 2.19 bits per heavy atom. The van der Waals surface area contributed by atoms with Crippen LogP contribution in [0.1, 0.15) is 40.0 Å². The first-order chi connectivity index (χ1) is 7.47. The summed E-state index contributed by atoms with van der Waals surface area (Å²) in [5.74, 6) is 0.662. The topological polar surface area (TPSA) is 32.3 Å². The van der Waals surface area contributed by atoms with Gasteiger partial charge in [0.15, 0.2) is 0 Å². The quantitative estimate of drug-likeness (QED) is 0.773. The van der Waals surface area contributed by atoms with E-state index in [0.29, 0.717) is 17.4 Å². The molecule has 1 N–H and O–H groups in total. The van der Waals surface area contributed by atoms with Gasteiger partial charge in [0.1, 0.15) is 0 Å². The maximum atomic E-state index is 12.1. The molecule has 1 amide bonds. The summed E-state index contributed by atoms with van der Waals surface area (Å²) in [6.45, 7) is 9.65. The standard InChI is InChI=1S/C13H24N2O/c1-13(2,3)6-8-15-9-11-10(12(15)16)5-4-7-14-11/h10-11,14H,4-9H2,1-3H3. The molecular weight excluding hydrogens is 200 g/mol. The maximum absolute atomic E-state index is 12.1. The van der Waals surface area contributed by atoms with Crippen molar-refractivity contribution in [3.05, 3.63) is 0 Å². The average Bonchev–Trinajstić information content (AvgIpc) is 2.53. The van der Waals surface area contributed by atoms with Gasteiger partial charge < -0.3 is 10.2 Å². The van der Waals surface area contributed by atoms with Gasteiger partial charge in [0, 0.05) is 19.1 Å². The summed E-state index contributed by atoms with van der Waals surface area (Å²) in [5.41, 5.74) is 0.321. The summed E-state index contributed by atoms with van der Waals surface area (Å²) in [4.78, 5) is 14.2. The van der Waals surface area contributed by atoms with Crippen molar-refractivity contribution in [3.8, 4) is 0 Å². The van der Waals surface area contributed by atoms with E-state index in [4.69, 9.17) is 0 Å². The molecule has 2 rings (SSSR count). The van der Waals surface area contributed by atoms with Gasteiger partial charge in [-0.05, 0) is 31.2 Å². The molecule has 3 nitrogen and oxygen atoms in total. The molecule has 16 heavy (non-hydrogen) atoms. The molecule has 0 aromatic rings. The Hall–Kier alpha value is -0.570. The molecule has 2 saturated heterocycles. The van der Waals surface area contributed by atoms with E-state index >= 15 is 0 Å². The van der Waals surface area contributed by atoms with Crippen LogP contribution in [0.3, 0.4) is 0 Å². The monoisotopic (exact) mass is 224 g/mol. The van der Waals surface area contributed by atoms with E-state index in [1.165, 1.54) is 0 Å². The lowest BCUT2D eigenvalue weighted by atomic mass is 9.92. The van der Waals surface area contributed by atoms with E-state index in [1.54, 1.807) is 0 Å². The predicted octanol–water partition coefficient (Wildman–Crippen LogP) is 1.63. The summed E-state index contributed by atoms with van der Waals surface area (Å²) in [7, 11) is 0. The zero-order chi connectivity index (χ0) is 11.8. The number of nitrogens with zero attached hydrogens (tertiary/aromatic N) is 1. The largest absolute Gasteiger partial charge is 0.341 e. The van der Waals surface area contributed by atoms with E-state index < -0.39 is 0 Å². The fourth-order valence-electron chi connectivity index (χ4n) is 2.67. The van der Waals surface area contributed by atoms with Crippen LogP contribution in [0.25, 0.3) is 0 Å². The lowest BCUT2D eigenvalue weighted by molar-refractivity contribution is -0.131. The van der Waals surface area contributed by atoms with Crippen LogP contribution in [-0.2, 0) is 4.79 Å². The van der Waals surface area contributed by atoms with Crippen LogP contribution in [0.5, 0.6) is 0 Å². The molecule has 2 atom stereocenters. The lowest BCUT2D eigenvalue weighted by Gasteiger charge is -2.23. The number of fused-ring (bicyclic) bond motifs is 1. The number of piperidine rings is 1. The molecule has 3 heteroatoms. The van der Waals surface area contributed by atoms with Gasteiger partial charge in [-0.3, -0.25) is 4.79 Å². The second-order valence-electron chi connectivity index (χ2n) is 6.40. The highest BCUT2D eigenvalue weighted by molar-refractivity contribution is 5.82. The number of likely N-dealkylation sites (tertiary alicyclic amines) is 1. The van der Waals surface area contributed by atoms with Gasteiger partial charge >= 0.3 is 0 Å². The van der Waals surface area contributed by atoms with E-state index in [2.05, 4.69) is 31.0 Å². The molecule has 2 aliphatic heterocycles. The Morgan fingerprint density at radius 3 is 2.81 bits per heavy atom. The van der Waals surface area contributed by atoms with Gasteiger partial charge in [-0.2, -0.15) is 0 Å². The van der Waals surface area contributed by atoms with Crippen molar-refractivity contribution in [1.82, 2.24) is 10.2 Å². The SMILES string of the molecule is CC(C)(C)CCN1CC2NCCCC2C1=O. The second-order valence-corrected chi connectivity index (χ2v) is 6.40. The third kappa shape index (κ3) is 2.57. The molecule has 2 aliphatic rings. The number of hydrogen-bond donors (Lipinski definition) is 1. The Labute approximate surface area is 98.6 Å². The van der Waals surface area contributed by atoms with Crippen LogP contribution in [-0.4, -0.2) is 36.5 Å². The van der Waals surface area contributed by atoms with Gasteiger partial charge in [-0.15, -0.1) is 0 Å². The van der Waals surface area contributed by atoms with Crippen molar-refractivity contribution < 1.29 is 4.79 Å². The molecule has 2 unspecified atom stereocenters. The fourth-order valence-corrected chi connectivity index (χ4v) is 2.67. The summed E-state index contributed by atoms with van der Waals surface area (Å²) < 4.78 is 0. The van der Waals surface area contributed by atoms with Gasteiger partial charge in [0.2, 0.25) is 5.91 Å². The highest BCUT2D eigenvalue weighted by Crippen LogP contribution is 2.28. The van der Waals surface area contributed by atoms with Crippen molar-refractivity contribution in [1.29, 1.82) is 0 Å². The zero-order valence-corrected chi connectivity index (χ0v) is 10.8. The molecule has 0 aromatic heterocycles. The van der Waals surface area contributed by atoms with Crippen molar-refractivity contribution in [2.75, 3.05) is 19.6 Å². The molecule has 0 aliphatic carbocycles. The minimum absolute atomic E-state index is 0.272. The summed E-state index contributed by atoms with van der Waals surface area (Å²) >= 11 is 0. The summed E-state index contributed by atoms with van der Waals surface area (Å²) in [5, 5.41) is 3.48. The fraction of sp³-hybridized carbons (Fsp3) is 0.923. The molecule has 0 radical (unpaired) electrons. The average molecular weight is 224 g/mol. The molecule has 0 saturated carbocycles. The number of carbonyl (C=O) groups excluding carboxylic acids is 1. The predicted molar refractivity (Wildman–Crippen MR) is 65.2 cm³/mol. The van der Waals surface area contributed by atoms with E-state index in [-0.39, 0.29) is 5.92 Å². The first kappa shape index (κ1) is 11.9. The third-order valence-corrected chi connectivity index (χ3v) is 3.76. The lowest BCUT2D eigenvalue weighted by Crippen LogP contribution is -2.41. The van der Waals surface area contributed by atoms with Crippen LogP contribution >= 0.6 is 0 Å². The van der Waals surface area contributed by atoms with Crippen molar-refractivity contribution in [3.63, 3.8) is 0 Å². The van der Waals surface area contributed by atoms with Crippen molar-refractivity contribution in [2.45, 2.75) is 46.1 Å². The number of rotatable bonds is 2. The van der Waals surface area contributed by atoms with Crippen LogP contribution in [0.15, 0.2) is 0 Å². The second kappa shape index (κ2) is 4.36. The number of nitrogens with one attached hydrogen (secondary N) is 1. The minimum atomic E-state index is 0.272. The Morgan fingerprint density at radius 1 is 1.44 bits per heavy atom. The first-order valence-electron chi connectivity index (χ1n) is 6.49. The van der Waals surface area contributed by atoms with Gasteiger partial charge in [0.05, 0.1) is 5.92 Å². The Bertz CT molecular complexity index is 270. The molecule has 2 fully saturated rings. The van der Waals surface area contributed by atoms with Gasteiger partial charge in [-0.1, -0.05) is 20.8 Å². The molecular formula is C13H24N2O. The van der Waals surface area contributed by atoms with Crippen LogP contribution in [0.4, 0.5) is 0 Å².